The van der Waals surface area contributed by atoms with Crippen molar-refractivity contribution in [3.63, 3.8) is 0 Å². The average Bonchev–Trinajstić information content (AvgIpc) is 3.11. The second-order valence-corrected chi connectivity index (χ2v) is 6.42. The monoisotopic (exact) mass is 338 g/mol. The van der Waals surface area contributed by atoms with Crippen molar-refractivity contribution in [3.8, 4) is 5.75 Å². The van der Waals surface area contributed by atoms with Gasteiger partial charge < -0.3 is 9.64 Å². The Bertz CT molecular complexity index is 685. The molecule has 0 radical (unpaired) electrons. The number of para-hydroxylation sites is 1. The van der Waals surface area contributed by atoms with Crippen LogP contribution in [0.2, 0.25) is 0 Å². The van der Waals surface area contributed by atoms with Crippen LogP contribution in [-0.2, 0) is 4.79 Å². The molecule has 0 N–H and O–H groups in total. The standard InChI is InChI=1S/C21H26N2O2/c1-3-25-19-13-11-17(12-14-19)20-10-7-15-23(20)16-21(24)22(2)18-8-5-4-6-9-18/h4-6,8-9,11-14,20H,3,7,10,15-16H2,1-2H3/t20-/m1/s1. The van der Waals surface area contributed by atoms with Gasteiger partial charge in [-0.2, -0.15) is 0 Å². The number of ether oxygens (including phenoxy) is 1. The minimum Gasteiger partial charge on any atom is -0.494 e. The lowest BCUT2D eigenvalue weighted by molar-refractivity contribution is -0.119. The topological polar surface area (TPSA) is 32.8 Å². The van der Waals surface area contributed by atoms with Crippen LogP contribution in [0.25, 0.3) is 0 Å². The van der Waals surface area contributed by atoms with Crippen LogP contribution in [0.1, 0.15) is 31.4 Å². The largest absolute Gasteiger partial charge is 0.494 e. The molecule has 132 valence electrons. The van der Waals surface area contributed by atoms with E-state index in [1.54, 1.807) is 4.90 Å². The summed E-state index contributed by atoms with van der Waals surface area (Å²) >= 11 is 0. The van der Waals surface area contributed by atoms with Gasteiger partial charge in [0.2, 0.25) is 5.91 Å². The van der Waals surface area contributed by atoms with Gasteiger partial charge in [0.05, 0.1) is 13.2 Å². The van der Waals surface area contributed by atoms with E-state index in [-0.39, 0.29) is 5.91 Å². The number of amides is 1. The van der Waals surface area contributed by atoms with Crippen LogP contribution in [0.3, 0.4) is 0 Å². The van der Waals surface area contributed by atoms with Gasteiger partial charge >= 0.3 is 0 Å². The zero-order valence-corrected chi connectivity index (χ0v) is 15.0. The molecule has 1 saturated heterocycles. The molecule has 25 heavy (non-hydrogen) atoms. The van der Waals surface area contributed by atoms with E-state index in [1.165, 1.54) is 5.56 Å². The molecule has 1 heterocycles. The average molecular weight is 338 g/mol. The fourth-order valence-corrected chi connectivity index (χ4v) is 3.42. The normalized spacial score (nSPS) is 17.4. The highest BCUT2D eigenvalue weighted by Gasteiger charge is 2.28. The van der Waals surface area contributed by atoms with Gasteiger partial charge in [0, 0.05) is 18.8 Å². The number of nitrogens with zero attached hydrogens (tertiary/aromatic N) is 2. The van der Waals surface area contributed by atoms with Crippen molar-refractivity contribution >= 4 is 11.6 Å². The summed E-state index contributed by atoms with van der Waals surface area (Å²) in [5.74, 6) is 1.03. The fraction of sp³-hybridized carbons (Fsp3) is 0.381. The molecular weight excluding hydrogens is 312 g/mol. The minimum absolute atomic E-state index is 0.129. The zero-order chi connectivity index (χ0) is 17.6. The number of carbonyl (C=O) groups excluding carboxylic acids is 1. The quantitative estimate of drug-likeness (QED) is 0.801. The van der Waals surface area contributed by atoms with Crippen LogP contribution in [0.4, 0.5) is 5.69 Å². The first-order chi connectivity index (χ1) is 12.2. The summed E-state index contributed by atoms with van der Waals surface area (Å²) in [5, 5.41) is 0. The number of hydrogen-bond acceptors (Lipinski definition) is 3. The first-order valence-corrected chi connectivity index (χ1v) is 8.97. The summed E-state index contributed by atoms with van der Waals surface area (Å²) in [6.45, 7) is 4.08. The molecule has 1 aliphatic heterocycles. The summed E-state index contributed by atoms with van der Waals surface area (Å²) in [6.07, 6.45) is 2.22. The van der Waals surface area contributed by atoms with Gasteiger partial charge in [-0.1, -0.05) is 30.3 Å². The van der Waals surface area contributed by atoms with Crippen LogP contribution < -0.4 is 9.64 Å². The first-order valence-electron chi connectivity index (χ1n) is 8.97. The van der Waals surface area contributed by atoms with Crippen LogP contribution in [-0.4, -0.2) is 37.6 Å². The Balaban J connectivity index is 1.66. The zero-order valence-electron chi connectivity index (χ0n) is 15.0. The van der Waals surface area contributed by atoms with E-state index in [0.29, 0.717) is 19.2 Å². The number of rotatable bonds is 6. The maximum absolute atomic E-state index is 12.7. The van der Waals surface area contributed by atoms with Crippen LogP contribution in [0.15, 0.2) is 54.6 Å². The fourth-order valence-electron chi connectivity index (χ4n) is 3.42. The van der Waals surface area contributed by atoms with E-state index in [1.807, 2.05) is 56.4 Å². The number of likely N-dealkylation sites (tertiary alicyclic amines) is 1. The molecule has 0 spiro atoms. The van der Waals surface area contributed by atoms with Crippen molar-refractivity contribution in [2.45, 2.75) is 25.8 Å². The van der Waals surface area contributed by atoms with E-state index in [0.717, 1.165) is 30.8 Å². The number of carbonyl (C=O) groups is 1. The van der Waals surface area contributed by atoms with Crippen molar-refractivity contribution in [2.24, 2.45) is 0 Å². The molecule has 0 unspecified atom stereocenters. The molecule has 4 heteroatoms. The van der Waals surface area contributed by atoms with Gasteiger partial charge in [0.25, 0.3) is 0 Å². The molecule has 0 bridgehead atoms. The predicted octanol–water partition coefficient (Wildman–Crippen LogP) is 3.89. The third-order valence-corrected chi connectivity index (χ3v) is 4.80. The molecule has 3 rings (SSSR count). The number of likely N-dealkylation sites (N-methyl/N-ethyl adjacent to an activating group) is 1. The SMILES string of the molecule is CCOc1ccc([C@H]2CCCN2CC(=O)N(C)c2ccccc2)cc1. The highest BCUT2D eigenvalue weighted by atomic mass is 16.5. The van der Waals surface area contributed by atoms with E-state index in [9.17, 15) is 4.79 Å². The Morgan fingerprint density at radius 2 is 1.88 bits per heavy atom. The first kappa shape index (κ1) is 17.5. The van der Waals surface area contributed by atoms with E-state index in [4.69, 9.17) is 4.74 Å². The van der Waals surface area contributed by atoms with Crippen LogP contribution in [0.5, 0.6) is 5.75 Å². The Morgan fingerprint density at radius 1 is 1.16 bits per heavy atom. The molecule has 2 aromatic rings. The van der Waals surface area contributed by atoms with Gasteiger partial charge in [-0.25, -0.2) is 0 Å². The number of anilines is 1. The van der Waals surface area contributed by atoms with E-state index in [2.05, 4.69) is 17.0 Å². The molecule has 0 aromatic heterocycles. The smallest absolute Gasteiger partial charge is 0.240 e. The van der Waals surface area contributed by atoms with Gasteiger partial charge in [0.15, 0.2) is 0 Å². The Kier molecular flexibility index (Phi) is 5.71. The van der Waals surface area contributed by atoms with Gasteiger partial charge in [0.1, 0.15) is 5.75 Å². The van der Waals surface area contributed by atoms with Crippen molar-refractivity contribution in [1.29, 1.82) is 0 Å². The molecule has 1 fully saturated rings. The van der Waals surface area contributed by atoms with Crippen molar-refractivity contribution in [1.82, 2.24) is 4.90 Å². The maximum Gasteiger partial charge on any atom is 0.240 e. The van der Waals surface area contributed by atoms with E-state index >= 15 is 0 Å². The van der Waals surface area contributed by atoms with Crippen molar-refractivity contribution < 1.29 is 9.53 Å². The van der Waals surface area contributed by atoms with Gasteiger partial charge in [-0.15, -0.1) is 0 Å². The van der Waals surface area contributed by atoms with Gasteiger partial charge in [-0.3, -0.25) is 9.69 Å². The van der Waals surface area contributed by atoms with Crippen molar-refractivity contribution in [2.75, 3.05) is 31.6 Å². The molecule has 1 amide bonds. The Labute approximate surface area is 150 Å². The third-order valence-electron chi connectivity index (χ3n) is 4.80. The Morgan fingerprint density at radius 3 is 2.56 bits per heavy atom. The summed E-state index contributed by atoms with van der Waals surface area (Å²) in [5.41, 5.74) is 2.19. The molecule has 2 aromatic carbocycles. The predicted molar refractivity (Wildman–Crippen MR) is 101 cm³/mol. The van der Waals surface area contributed by atoms with Crippen LogP contribution >= 0.6 is 0 Å². The maximum atomic E-state index is 12.7. The van der Waals surface area contributed by atoms with E-state index < -0.39 is 0 Å². The summed E-state index contributed by atoms with van der Waals surface area (Å²) < 4.78 is 5.52. The second kappa shape index (κ2) is 8.17. The lowest BCUT2D eigenvalue weighted by Gasteiger charge is -2.27. The summed E-state index contributed by atoms with van der Waals surface area (Å²) in [6, 6.07) is 18.4. The molecule has 0 aliphatic carbocycles. The molecule has 0 saturated carbocycles. The molecule has 1 atom stereocenters. The highest BCUT2D eigenvalue weighted by molar-refractivity contribution is 5.94. The summed E-state index contributed by atoms with van der Waals surface area (Å²) in [7, 11) is 1.85. The minimum atomic E-state index is 0.129. The summed E-state index contributed by atoms with van der Waals surface area (Å²) in [4.78, 5) is 16.7. The molecular formula is C21H26N2O2. The number of benzene rings is 2. The number of hydrogen-bond donors (Lipinski definition) is 0. The molecule has 1 aliphatic rings. The van der Waals surface area contributed by atoms with Gasteiger partial charge in [-0.05, 0) is 56.1 Å². The third kappa shape index (κ3) is 4.20. The second-order valence-electron chi connectivity index (χ2n) is 6.42. The highest BCUT2D eigenvalue weighted by Crippen LogP contribution is 2.32. The van der Waals surface area contributed by atoms with Crippen LogP contribution in [0, 0.1) is 0 Å². The lowest BCUT2D eigenvalue weighted by Crippen LogP contribution is -2.38. The molecule has 4 nitrogen and oxygen atoms in total. The Hall–Kier alpha value is -2.33. The van der Waals surface area contributed by atoms with Crippen molar-refractivity contribution in [3.05, 3.63) is 60.2 Å². The lowest BCUT2D eigenvalue weighted by atomic mass is 10.0.